The van der Waals surface area contributed by atoms with Crippen LogP contribution in [-0.4, -0.2) is 32.7 Å². The monoisotopic (exact) mass is 226 g/mol. The molecule has 1 unspecified atom stereocenters. The number of thioether (sulfide) groups is 1. The molecule has 0 amide bonds. The Morgan fingerprint density at radius 3 is 2.64 bits per heavy atom. The summed E-state index contributed by atoms with van der Waals surface area (Å²) in [6, 6.07) is 0. The van der Waals surface area contributed by atoms with Crippen LogP contribution in [0.15, 0.2) is 11.5 Å². The Bertz CT molecular complexity index is 298. The number of alkyl halides is 3. The van der Waals surface area contributed by atoms with Gasteiger partial charge in [0.05, 0.1) is 0 Å². The fourth-order valence-corrected chi connectivity index (χ4v) is 1.55. The van der Waals surface area contributed by atoms with Crippen molar-refractivity contribution in [1.82, 2.24) is 14.8 Å². The van der Waals surface area contributed by atoms with E-state index in [4.69, 9.17) is 5.73 Å². The first-order chi connectivity index (χ1) is 6.45. The van der Waals surface area contributed by atoms with Gasteiger partial charge in [0.25, 0.3) is 0 Å². The van der Waals surface area contributed by atoms with E-state index in [-0.39, 0.29) is 5.16 Å². The molecule has 1 heterocycles. The average Bonchev–Trinajstić information content (AvgIpc) is 2.45. The molecule has 1 atom stereocenters. The van der Waals surface area contributed by atoms with Crippen molar-refractivity contribution in [3.63, 3.8) is 0 Å². The normalized spacial score (nSPS) is 14.4. The molecule has 2 N–H and O–H groups in total. The number of hydrogen-bond acceptors (Lipinski definition) is 4. The summed E-state index contributed by atoms with van der Waals surface area (Å²) in [6.07, 6.45) is -2.97. The van der Waals surface area contributed by atoms with Gasteiger partial charge >= 0.3 is 6.18 Å². The minimum Gasteiger partial charge on any atom is -0.329 e. The molecular formula is C6H9F3N4S. The molecule has 0 fully saturated rings. The van der Waals surface area contributed by atoms with Gasteiger partial charge in [0.15, 0.2) is 5.16 Å². The molecule has 4 nitrogen and oxygen atoms in total. The largest absolute Gasteiger partial charge is 0.402 e. The lowest BCUT2D eigenvalue weighted by molar-refractivity contribution is -0.126. The molecule has 80 valence electrons. The number of aryl methyl sites for hydroxylation is 1. The summed E-state index contributed by atoms with van der Waals surface area (Å²) in [5.41, 5.74) is 5.03. The van der Waals surface area contributed by atoms with E-state index in [9.17, 15) is 13.2 Å². The Morgan fingerprint density at radius 1 is 1.64 bits per heavy atom. The number of aromatic nitrogens is 3. The predicted molar refractivity (Wildman–Crippen MR) is 45.8 cm³/mol. The summed E-state index contributed by atoms with van der Waals surface area (Å²) in [4.78, 5) is 0. The van der Waals surface area contributed by atoms with Crippen LogP contribution >= 0.6 is 11.8 Å². The lowest BCUT2D eigenvalue weighted by Gasteiger charge is -2.16. The lowest BCUT2D eigenvalue weighted by atomic mass is 10.4. The fourth-order valence-electron chi connectivity index (χ4n) is 0.755. The van der Waals surface area contributed by atoms with E-state index in [1.807, 2.05) is 0 Å². The number of nitrogens with two attached hydrogens (primary N) is 1. The first kappa shape index (κ1) is 11.3. The quantitative estimate of drug-likeness (QED) is 0.774. The number of rotatable bonds is 3. The molecule has 1 aromatic rings. The molecule has 0 aliphatic carbocycles. The first-order valence-electron chi connectivity index (χ1n) is 3.72. The van der Waals surface area contributed by atoms with Crippen molar-refractivity contribution in [2.24, 2.45) is 12.8 Å². The van der Waals surface area contributed by atoms with E-state index in [0.717, 1.165) is 0 Å². The molecule has 0 aromatic carbocycles. The summed E-state index contributed by atoms with van der Waals surface area (Å²) in [7, 11) is 1.58. The van der Waals surface area contributed by atoms with Crippen LogP contribution in [-0.2, 0) is 7.05 Å². The summed E-state index contributed by atoms with van der Waals surface area (Å²) in [5, 5.41) is 5.58. The van der Waals surface area contributed by atoms with Gasteiger partial charge in [-0.05, 0) is 0 Å². The van der Waals surface area contributed by atoms with Gasteiger partial charge in [-0.25, -0.2) is 0 Å². The van der Waals surface area contributed by atoms with Crippen molar-refractivity contribution in [3.8, 4) is 0 Å². The van der Waals surface area contributed by atoms with Gasteiger partial charge in [-0.3, -0.25) is 0 Å². The molecule has 14 heavy (non-hydrogen) atoms. The topological polar surface area (TPSA) is 56.7 Å². The van der Waals surface area contributed by atoms with Crippen LogP contribution in [0.1, 0.15) is 0 Å². The zero-order chi connectivity index (χ0) is 10.8. The second-order valence-corrected chi connectivity index (χ2v) is 3.78. The van der Waals surface area contributed by atoms with Crippen molar-refractivity contribution in [3.05, 3.63) is 6.33 Å². The molecule has 1 aromatic heterocycles. The van der Waals surface area contributed by atoms with Crippen LogP contribution in [0.25, 0.3) is 0 Å². The maximum Gasteiger partial charge on any atom is 0.402 e. The standard InChI is InChI=1S/C6H9F3N4S/c1-13-3-11-12-5(13)14-4(2-10)6(7,8)9/h3-4H,2,10H2,1H3. The molecule has 0 spiro atoms. The van der Waals surface area contributed by atoms with Gasteiger partial charge in [0, 0.05) is 13.6 Å². The van der Waals surface area contributed by atoms with Gasteiger partial charge in [-0.15, -0.1) is 10.2 Å². The zero-order valence-electron chi connectivity index (χ0n) is 7.32. The molecule has 1 rings (SSSR count). The number of hydrogen-bond donors (Lipinski definition) is 1. The molecule has 0 bridgehead atoms. The van der Waals surface area contributed by atoms with Crippen molar-refractivity contribution in [2.75, 3.05) is 6.54 Å². The Morgan fingerprint density at radius 2 is 2.29 bits per heavy atom. The van der Waals surface area contributed by atoms with Gasteiger partial charge in [-0.2, -0.15) is 13.2 Å². The molecule has 8 heteroatoms. The van der Waals surface area contributed by atoms with E-state index in [1.54, 1.807) is 7.05 Å². The summed E-state index contributed by atoms with van der Waals surface area (Å²) >= 11 is 0.568. The van der Waals surface area contributed by atoms with Crippen LogP contribution in [0.5, 0.6) is 0 Å². The molecule has 0 saturated heterocycles. The summed E-state index contributed by atoms with van der Waals surface area (Å²) in [5.74, 6) is 0. The average molecular weight is 226 g/mol. The first-order valence-corrected chi connectivity index (χ1v) is 4.60. The van der Waals surface area contributed by atoms with Crippen LogP contribution in [0, 0.1) is 0 Å². The van der Waals surface area contributed by atoms with E-state index >= 15 is 0 Å². The van der Waals surface area contributed by atoms with E-state index in [1.165, 1.54) is 10.9 Å². The maximum atomic E-state index is 12.3. The van der Waals surface area contributed by atoms with Crippen molar-refractivity contribution < 1.29 is 13.2 Å². The highest BCUT2D eigenvalue weighted by Crippen LogP contribution is 2.33. The highest BCUT2D eigenvalue weighted by molar-refractivity contribution is 7.99. The highest BCUT2D eigenvalue weighted by Gasteiger charge is 2.40. The van der Waals surface area contributed by atoms with E-state index in [0.29, 0.717) is 11.8 Å². The molecule has 0 aliphatic rings. The van der Waals surface area contributed by atoms with E-state index < -0.39 is 18.0 Å². The van der Waals surface area contributed by atoms with Crippen LogP contribution < -0.4 is 5.73 Å². The summed E-state index contributed by atoms with van der Waals surface area (Å²) < 4.78 is 38.3. The van der Waals surface area contributed by atoms with Crippen LogP contribution in [0.2, 0.25) is 0 Å². The third kappa shape index (κ3) is 2.61. The molecular weight excluding hydrogens is 217 g/mol. The van der Waals surface area contributed by atoms with Crippen molar-refractivity contribution in [2.45, 2.75) is 16.6 Å². The van der Waals surface area contributed by atoms with Crippen molar-refractivity contribution >= 4 is 11.8 Å². The fraction of sp³-hybridized carbons (Fsp3) is 0.667. The van der Waals surface area contributed by atoms with Gasteiger partial charge < -0.3 is 10.3 Å². The highest BCUT2D eigenvalue weighted by atomic mass is 32.2. The Balaban J connectivity index is 2.71. The Hall–Kier alpha value is -0.760. The summed E-state index contributed by atoms with van der Waals surface area (Å²) in [6.45, 7) is -0.471. The minimum absolute atomic E-state index is 0.206. The van der Waals surface area contributed by atoms with Gasteiger partial charge in [-0.1, -0.05) is 11.8 Å². The second-order valence-electron chi connectivity index (χ2n) is 2.61. The van der Waals surface area contributed by atoms with Crippen LogP contribution in [0.4, 0.5) is 13.2 Å². The van der Waals surface area contributed by atoms with Crippen LogP contribution in [0.3, 0.4) is 0 Å². The SMILES string of the molecule is Cn1cnnc1SC(CN)C(F)(F)F. The lowest BCUT2D eigenvalue weighted by Crippen LogP contribution is -2.33. The zero-order valence-corrected chi connectivity index (χ0v) is 8.14. The Kier molecular flexibility index (Phi) is 3.38. The third-order valence-corrected chi connectivity index (χ3v) is 2.82. The smallest absolute Gasteiger partial charge is 0.329 e. The predicted octanol–water partition coefficient (Wildman–Crippen LogP) is 0.797. The maximum absolute atomic E-state index is 12.3. The minimum atomic E-state index is -4.31. The van der Waals surface area contributed by atoms with Gasteiger partial charge in [0.1, 0.15) is 11.6 Å². The third-order valence-electron chi connectivity index (χ3n) is 1.50. The molecule has 0 radical (unpaired) electrons. The Labute approximate surface area is 82.7 Å². The molecule has 0 aliphatic heterocycles. The van der Waals surface area contributed by atoms with Gasteiger partial charge in [0.2, 0.25) is 0 Å². The number of halogens is 3. The van der Waals surface area contributed by atoms with E-state index in [2.05, 4.69) is 10.2 Å². The number of nitrogens with zero attached hydrogens (tertiary/aromatic N) is 3. The second kappa shape index (κ2) is 4.18. The van der Waals surface area contributed by atoms with Crippen molar-refractivity contribution in [1.29, 1.82) is 0 Å². The molecule has 0 saturated carbocycles.